The quantitative estimate of drug-likeness (QED) is 0.509. The minimum atomic E-state index is 0.330. The molecule has 0 nitrogen and oxygen atoms in total. The van der Waals surface area contributed by atoms with Crippen molar-refractivity contribution in [3.63, 3.8) is 0 Å². The third-order valence-corrected chi connectivity index (χ3v) is 4.23. The van der Waals surface area contributed by atoms with Crippen molar-refractivity contribution < 1.29 is 0 Å². The Hall–Kier alpha value is -1.30. The Morgan fingerprint density at radius 1 is 1.10 bits per heavy atom. The number of allylic oxidation sites excluding steroid dienone is 10. The van der Waals surface area contributed by atoms with Gasteiger partial charge in [0.25, 0.3) is 0 Å². The lowest BCUT2D eigenvalue weighted by Crippen LogP contribution is -2.19. The minimum absolute atomic E-state index is 0.330. The third-order valence-electron chi connectivity index (χ3n) is 4.23. The minimum Gasteiger partial charge on any atom is -0.0847 e. The van der Waals surface area contributed by atoms with Crippen LogP contribution in [-0.4, -0.2) is 0 Å². The summed E-state index contributed by atoms with van der Waals surface area (Å²) in [4.78, 5) is 0. The molecule has 0 aromatic rings. The van der Waals surface area contributed by atoms with E-state index in [1.165, 1.54) is 36.0 Å². The van der Waals surface area contributed by atoms with E-state index in [-0.39, 0.29) is 0 Å². The highest BCUT2D eigenvalue weighted by molar-refractivity contribution is 5.37. The standard InChI is InChI=1S/C20H30/c1-7-16(2)10-8-11-17(3)13-14-19-18(4)12-9-15-20(19,5)6/h7-8,10-11,13-14H,9,12,15H2,1-6H3/b10-8+,14-13+,16-7+,17-11+. The molecule has 0 unspecified atom stereocenters. The average Bonchev–Trinajstić information content (AvgIpc) is 2.37. The van der Waals surface area contributed by atoms with E-state index in [2.05, 4.69) is 78.0 Å². The van der Waals surface area contributed by atoms with Gasteiger partial charge in [-0.3, -0.25) is 0 Å². The summed E-state index contributed by atoms with van der Waals surface area (Å²) in [6, 6.07) is 0. The third kappa shape index (κ3) is 5.00. The fraction of sp³-hybridized carbons (Fsp3) is 0.500. The predicted octanol–water partition coefficient (Wildman–Crippen LogP) is 6.54. The van der Waals surface area contributed by atoms with Gasteiger partial charge in [-0.25, -0.2) is 0 Å². The highest BCUT2D eigenvalue weighted by Crippen LogP contribution is 2.40. The van der Waals surface area contributed by atoms with Gasteiger partial charge in [0.15, 0.2) is 0 Å². The molecule has 0 saturated carbocycles. The molecule has 0 aromatic carbocycles. The molecule has 0 amide bonds. The summed E-state index contributed by atoms with van der Waals surface area (Å²) in [7, 11) is 0. The molecule has 110 valence electrons. The number of hydrogen-bond acceptors (Lipinski definition) is 0. The van der Waals surface area contributed by atoms with E-state index in [4.69, 9.17) is 0 Å². The van der Waals surface area contributed by atoms with Gasteiger partial charge in [-0.2, -0.15) is 0 Å². The summed E-state index contributed by atoms with van der Waals surface area (Å²) in [6.07, 6.45) is 17.0. The maximum absolute atomic E-state index is 2.36. The first-order valence-corrected chi connectivity index (χ1v) is 7.73. The molecular formula is C20H30. The molecule has 0 spiro atoms. The van der Waals surface area contributed by atoms with Crippen molar-refractivity contribution in [3.8, 4) is 0 Å². The summed E-state index contributed by atoms with van der Waals surface area (Å²) >= 11 is 0. The van der Waals surface area contributed by atoms with Crippen LogP contribution in [0.2, 0.25) is 0 Å². The van der Waals surface area contributed by atoms with Crippen LogP contribution >= 0.6 is 0 Å². The second kappa shape index (κ2) is 7.47. The monoisotopic (exact) mass is 270 g/mol. The van der Waals surface area contributed by atoms with Crippen LogP contribution in [0.25, 0.3) is 0 Å². The van der Waals surface area contributed by atoms with E-state index >= 15 is 0 Å². The highest BCUT2D eigenvalue weighted by atomic mass is 14.3. The Labute approximate surface area is 125 Å². The molecule has 1 rings (SSSR count). The summed E-state index contributed by atoms with van der Waals surface area (Å²) in [5, 5.41) is 0. The van der Waals surface area contributed by atoms with Gasteiger partial charge in [-0.15, -0.1) is 0 Å². The molecule has 1 aliphatic rings. The van der Waals surface area contributed by atoms with Gasteiger partial charge in [-0.05, 0) is 57.9 Å². The summed E-state index contributed by atoms with van der Waals surface area (Å²) in [5.74, 6) is 0. The Morgan fingerprint density at radius 3 is 2.40 bits per heavy atom. The molecule has 0 atom stereocenters. The molecule has 0 heterocycles. The zero-order valence-corrected chi connectivity index (χ0v) is 14.1. The molecule has 0 saturated heterocycles. The van der Waals surface area contributed by atoms with Gasteiger partial charge < -0.3 is 0 Å². The van der Waals surface area contributed by atoms with E-state index in [0.717, 1.165) is 0 Å². The van der Waals surface area contributed by atoms with Crippen molar-refractivity contribution in [2.45, 2.75) is 60.8 Å². The second-order valence-electron chi connectivity index (χ2n) is 6.57. The van der Waals surface area contributed by atoms with Gasteiger partial charge in [-0.1, -0.05) is 67.0 Å². The zero-order chi connectivity index (χ0) is 15.2. The summed E-state index contributed by atoms with van der Waals surface area (Å²) < 4.78 is 0. The first-order valence-electron chi connectivity index (χ1n) is 7.73. The Kier molecular flexibility index (Phi) is 6.26. The second-order valence-corrected chi connectivity index (χ2v) is 6.57. The molecule has 0 heteroatoms. The molecule has 0 aromatic heterocycles. The lowest BCUT2D eigenvalue weighted by molar-refractivity contribution is 0.377. The average molecular weight is 270 g/mol. The molecule has 0 fully saturated rings. The largest absolute Gasteiger partial charge is 0.0847 e. The van der Waals surface area contributed by atoms with Crippen molar-refractivity contribution in [1.82, 2.24) is 0 Å². The van der Waals surface area contributed by atoms with Crippen molar-refractivity contribution >= 4 is 0 Å². The van der Waals surface area contributed by atoms with Crippen LogP contribution in [0.3, 0.4) is 0 Å². The maximum Gasteiger partial charge on any atom is -0.0104 e. The van der Waals surface area contributed by atoms with Crippen LogP contribution in [-0.2, 0) is 0 Å². The van der Waals surface area contributed by atoms with Crippen LogP contribution < -0.4 is 0 Å². The fourth-order valence-corrected chi connectivity index (χ4v) is 2.73. The van der Waals surface area contributed by atoms with Gasteiger partial charge in [0, 0.05) is 0 Å². The Balaban J connectivity index is 2.81. The van der Waals surface area contributed by atoms with E-state index in [9.17, 15) is 0 Å². The van der Waals surface area contributed by atoms with Crippen LogP contribution in [0, 0.1) is 5.41 Å². The lowest BCUT2D eigenvalue weighted by Gasteiger charge is -2.32. The van der Waals surface area contributed by atoms with Gasteiger partial charge in [0.2, 0.25) is 0 Å². The molecule has 1 aliphatic carbocycles. The SMILES string of the molecule is C/C=C(C)/C=C/C=C(C)/C=C/C1=C(C)CCCC1(C)C. The first-order chi connectivity index (χ1) is 9.36. The van der Waals surface area contributed by atoms with E-state index < -0.39 is 0 Å². The molecule has 0 aliphatic heterocycles. The highest BCUT2D eigenvalue weighted by Gasteiger charge is 2.26. The van der Waals surface area contributed by atoms with Crippen molar-refractivity contribution in [2.24, 2.45) is 5.41 Å². The van der Waals surface area contributed by atoms with Crippen molar-refractivity contribution in [2.75, 3.05) is 0 Å². The lowest BCUT2D eigenvalue weighted by atomic mass is 9.72. The zero-order valence-electron chi connectivity index (χ0n) is 14.1. The number of rotatable bonds is 4. The smallest absolute Gasteiger partial charge is 0.0104 e. The maximum atomic E-state index is 2.36. The topological polar surface area (TPSA) is 0 Å². The van der Waals surface area contributed by atoms with Crippen LogP contribution in [0.5, 0.6) is 0 Å². The first kappa shape index (κ1) is 16.8. The van der Waals surface area contributed by atoms with Crippen molar-refractivity contribution in [1.29, 1.82) is 0 Å². The molecule has 0 radical (unpaired) electrons. The molecule has 0 bridgehead atoms. The number of hydrogen-bond donors (Lipinski definition) is 0. The normalized spacial score (nSPS) is 21.3. The fourth-order valence-electron chi connectivity index (χ4n) is 2.73. The van der Waals surface area contributed by atoms with E-state index in [1.54, 1.807) is 5.57 Å². The predicted molar refractivity (Wildman–Crippen MR) is 91.8 cm³/mol. The van der Waals surface area contributed by atoms with E-state index in [0.29, 0.717) is 5.41 Å². The molecule has 20 heavy (non-hydrogen) atoms. The molecule has 0 N–H and O–H groups in total. The van der Waals surface area contributed by atoms with Crippen LogP contribution in [0.4, 0.5) is 0 Å². The summed E-state index contributed by atoms with van der Waals surface area (Å²) in [5.41, 5.74) is 6.02. The van der Waals surface area contributed by atoms with Crippen LogP contribution in [0.1, 0.15) is 60.8 Å². The Morgan fingerprint density at radius 2 is 1.80 bits per heavy atom. The summed E-state index contributed by atoms with van der Waals surface area (Å²) in [6.45, 7) is 13.4. The van der Waals surface area contributed by atoms with Gasteiger partial charge in [0.1, 0.15) is 0 Å². The molecular weight excluding hydrogens is 240 g/mol. The van der Waals surface area contributed by atoms with E-state index in [1.807, 2.05) is 0 Å². The van der Waals surface area contributed by atoms with Gasteiger partial charge >= 0.3 is 0 Å². The van der Waals surface area contributed by atoms with Gasteiger partial charge in [0.05, 0.1) is 0 Å². The Bertz CT molecular complexity index is 476. The van der Waals surface area contributed by atoms with Crippen molar-refractivity contribution in [3.05, 3.63) is 58.7 Å². The van der Waals surface area contributed by atoms with Crippen LogP contribution in [0.15, 0.2) is 58.7 Å².